The number of ether oxygens (including phenoxy) is 4. The Balaban J connectivity index is 2.00. The Morgan fingerprint density at radius 1 is 0.885 bits per heavy atom. The van der Waals surface area contributed by atoms with Crippen LogP contribution < -0.4 is 24.3 Å². The second-order valence-electron chi connectivity index (χ2n) is 5.47. The second kappa shape index (κ2) is 7.77. The van der Waals surface area contributed by atoms with Gasteiger partial charge in [0.15, 0.2) is 11.5 Å². The Labute approximate surface area is 151 Å². The van der Waals surface area contributed by atoms with Crippen molar-refractivity contribution in [3.05, 3.63) is 42.2 Å². The van der Waals surface area contributed by atoms with Crippen molar-refractivity contribution in [1.82, 2.24) is 9.97 Å². The summed E-state index contributed by atoms with van der Waals surface area (Å²) in [6.45, 7) is 0.583. The van der Waals surface area contributed by atoms with Gasteiger partial charge in [-0.2, -0.15) is 0 Å². The van der Waals surface area contributed by atoms with Gasteiger partial charge in [0.05, 0.1) is 33.8 Å². The molecule has 0 amide bonds. The number of fused-ring (bicyclic) bond motifs is 1. The van der Waals surface area contributed by atoms with E-state index < -0.39 is 0 Å². The van der Waals surface area contributed by atoms with Crippen LogP contribution in [0.5, 0.6) is 23.0 Å². The fourth-order valence-electron chi connectivity index (χ4n) is 2.77. The van der Waals surface area contributed by atoms with Crippen LogP contribution in [0.15, 0.2) is 36.7 Å². The van der Waals surface area contributed by atoms with Crippen LogP contribution in [0.2, 0.25) is 0 Å². The summed E-state index contributed by atoms with van der Waals surface area (Å²) < 4.78 is 21.6. The van der Waals surface area contributed by atoms with Gasteiger partial charge in [0.25, 0.3) is 0 Å². The standard InChI is InChI=1S/C19H21N3O4/c1-23-13-7-5-6-12(8-13)10-20-19-14-9-15(24-2)17(25-3)18(26-4)16(14)21-11-22-19/h5-9,11H,10H2,1-4H3,(H,20,21,22). The van der Waals surface area contributed by atoms with E-state index in [1.165, 1.54) is 6.33 Å². The van der Waals surface area contributed by atoms with E-state index in [-0.39, 0.29) is 0 Å². The molecule has 0 fully saturated rings. The number of benzene rings is 2. The van der Waals surface area contributed by atoms with Crippen LogP contribution in [-0.4, -0.2) is 38.4 Å². The maximum absolute atomic E-state index is 5.50. The molecule has 1 heterocycles. The lowest BCUT2D eigenvalue weighted by molar-refractivity contribution is 0.327. The summed E-state index contributed by atoms with van der Waals surface area (Å²) in [5.41, 5.74) is 1.72. The molecule has 3 rings (SSSR count). The average molecular weight is 355 g/mol. The largest absolute Gasteiger partial charge is 0.497 e. The van der Waals surface area contributed by atoms with Gasteiger partial charge in [0.2, 0.25) is 5.75 Å². The van der Waals surface area contributed by atoms with Gasteiger partial charge in [-0.05, 0) is 23.8 Å². The van der Waals surface area contributed by atoms with Crippen molar-refractivity contribution in [1.29, 1.82) is 0 Å². The van der Waals surface area contributed by atoms with Gasteiger partial charge in [0.1, 0.15) is 23.4 Å². The van der Waals surface area contributed by atoms with E-state index in [9.17, 15) is 0 Å². The molecule has 1 aromatic heterocycles. The van der Waals surface area contributed by atoms with Gasteiger partial charge in [-0.1, -0.05) is 12.1 Å². The summed E-state index contributed by atoms with van der Waals surface area (Å²) in [4.78, 5) is 8.71. The van der Waals surface area contributed by atoms with E-state index in [0.717, 1.165) is 16.7 Å². The van der Waals surface area contributed by atoms with Gasteiger partial charge >= 0.3 is 0 Å². The molecule has 26 heavy (non-hydrogen) atoms. The van der Waals surface area contributed by atoms with Crippen molar-refractivity contribution in [2.24, 2.45) is 0 Å². The van der Waals surface area contributed by atoms with Crippen LogP contribution in [0, 0.1) is 0 Å². The van der Waals surface area contributed by atoms with Crippen molar-refractivity contribution in [3.8, 4) is 23.0 Å². The van der Waals surface area contributed by atoms with E-state index in [4.69, 9.17) is 18.9 Å². The molecule has 3 aromatic rings. The lowest BCUT2D eigenvalue weighted by Crippen LogP contribution is -2.04. The Bertz CT molecular complexity index is 915. The molecule has 0 unspecified atom stereocenters. The summed E-state index contributed by atoms with van der Waals surface area (Å²) in [5.74, 6) is 3.05. The van der Waals surface area contributed by atoms with Crippen molar-refractivity contribution in [3.63, 3.8) is 0 Å². The summed E-state index contributed by atoms with van der Waals surface area (Å²) in [7, 11) is 6.37. The third-order valence-electron chi connectivity index (χ3n) is 4.03. The number of hydrogen-bond acceptors (Lipinski definition) is 7. The average Bonchev–Trinajstić information content (AvgIpc) is 2.70. The van der Waals surface area contributed by atoms with Gasteiger partial charge in [-0.15, -0.1) is 0 Å². The summed E-state index contributed by atoms with van der Waals surface area (Å²) in [6, 6.07) is 9.69. The molecule has 0 aliphatic heterocycles. The molecule has 0 aliphatic rings. The zero-order valence-electron chi connectivity index (χ0n) is 15.2. The highest BCUT2D eigenvalue weighted by Gasteiger charge is 2.19. The molecule has 0 atom stereocenters. The maximum atomic E-state index is 5.50. The molecule has 136 valence electrons. The van der Waals surface area contributed by atoms with Crippen molar-refractivity contribution >= 4 is 16.7 Å². The Morgan fingerprint density at radius 3 is 2.38 bits per heavy atom. The minimum Gasteiger partial charge on any atom is -0.497 e. The lowest BCUT2D eigenvalue weighted by atomic mass is 10.1. The molecule has 0 bridgehead atoms. The van der Waals surface area contributed by atoms with E-state index >= 15 is 0 Å². The molecular formula is C19H21N3O4. The highest BCUT2D eigenvalue weighted by Crippen LogP contribution is 2.43. The molecule has 2 aromatic carbocycles. The highest BCUT2D eigenvalue weighted by molar-refractivity contribution is 5.96. The van der Waals surface area contributed by atoms with Crippen LogP contribution in [0.3, 0.4) is 0 Å². The number of hydrogen-bond donors (Lipinski definition) is 1. The fourth-order valence-corrected chi connectivity index (χ4v) is 2.77. The minimum absolute atomic E-state index is 0.500. The lowest BCUT2D eigenvalue weighted by Gasteiger charge is -2.16. The first-order valence-electron chi connectivity index (χ1n) is 8.02. The number of nitrogens with zero attached hydrogens (tertiary/aromatic N) is 2. The summed E-state index contributed by atoms with van der Waals surface area (Å²) in [5, 5.41) is 4.12. The molecule has 0 spiro atoms. The number of rotatable bonds is 7. The predicted molar refractivity (Wildman–Crippen MR) is 99.5 cm³/mol. The molecule has 7 heteroatoms. The van der Waals surface area contributed by atoms with Crippen molar-refractivity contribution < 1.29 is 18.9 Å². The van der Waals surface area contributed by atoms with Gasteiger partial charge in [-0.25, -0.2) is 9.97 Å². The molecule has 0 saturated carbocycles. The summed E-state index contributed by atoms with van der Waals surface area (Å²) >= 11 is 0. The first-order chi connectivity index (χ1) is 12.7. The van der Waals surface area contributed by atoms with Gasteiger partial charge in [0, 0.05) is 6.54 Å². The minimum atomic E-state index is 0.500. The zero-order chi connectivity index (χ0) is 18.5. The number of nitrogens with one attached hydrogen (secondary N) is 1. The Hall–Kier alpha value is -3.22. The first-order valence-corrected chi connectivity index (χ1v) is 8.02. The zero-order valence-corrected chi connectivity index (χ0v) is 15.2. The van der Waals surface area contributed by atoms with Crippen molar-refractivity contribution in [2.45, 2.75) is 6.54 Å². The smallest absolute Gasteiger partial charge is 0.205 e. The number of anilines is 1. The van der Waals surface area contributed by atoms with E-state index in [1.54, 1.807) is 28.4 Å². The van der Waals surface area contributed by atoms with Crippen LogP contribution in [-0.2, 0) is 6.54 Å². The van der Waals surface area contributed by atoms with Gasteiger partial charge < -0.3 is 24.3 Å². The Kier molecular flexibility index (Phi) is 5.26. The highest BCUT2D eigenvalue weighted by atomic mass is 16.5. The van der Waals surface area contributed by atoms with Crippen LogP contribution >= 0.6 is 0 Å². The number of aromatic nitrogens is 2. The topological polar surface area (TPSA) is 74.7 Å². The third-order valence-corrected chi connectivity index (χ3v) is 4.03. The first kappa shape index (κ1) is 17.6. The fraction of sp³-hybridized carbons (Fsp3) is 0.263. The normalized spacial score (nSPS) is 10.5. The second-order valence-corrected chi connectivity index (χ2v) is 5.47. The molecule has 0 radical (unpaired) electrons. The SMILES string of the molecule is COc1cccc(CNc2ncnc3c(OC)c(OC)c(OC)cc23)c1. The van der Waals surface area contributed by atoms with Crippen LogP contribution in [0.1, 0.15) is 5.56 Å². The van der Waals surface area contributed by atoms with Gasteiger partial charge in [-0.3, -0.25) is 0 Å². The monoisotopic (exact) mass is 355 g/mol. The van der Waals surface area contributed by atoms with Crippen molar-refractivity contribution in [2.75, 3.05) is 33.8 Å². The van der Waals surface area contributed by atoms with Crippen LogP contribution in [0.25, 0.3) is 10.9 Å². The van der Waals surface area contributed by atoms with Crippen LogP contribution in [0.4, 0.5) is 5.82 Å². The molecule has 1 N–H and O–H groups in total. The molecule has 0 aliphatic carbocycles. The molecule has 0 saturated heterocycles. The third kappa shape index (κ3) is 3.28. The van der Waals surface area contributed by atoms with E-state index in [2.05, 4.69) is 15.3 Å². The molecular weight excluding hydrogens is 334 g/mol. The van der Waals surface area contributed by atoms with E-state index in [0.29, 0.717) is 35.1 Å². The Morgan fingerprint density at radius 2 is 1.69 bits per heavy atom. The quantitative estimate of drug-likeness (QED) is 0.697. The molecule has 7 nitrogen and oxygen atoms in total. The predicted octanol–water partition coefficient (Wildman–Crippen LogP) is 3.28. The van der Waals surface area contributed by atoms with E-state index in [1.807, 2.05) is 30.3 Å². The maximum Gasteiger partial charge on any atom is 0.205 e. The number of methoxy groups -OCH3 is 4. The summed E-state index contributed by atoms with van der Waals surface area (Å²) in [6.07, 6.45) is 1.49.